The van der Waals surface area contributed by atoms with Gasteiger partial charge < -0.3 is 14.5 Å². The Kier molecular flexibility index (Phi) is 7.11. The third-order valence-electron chi connectivity index (χ3n) is 6.72. The van der Waals surface area contributed by atoms with E-state index in [0.717, 1.165) is 65.0 Å². The molecule has 0 saturated carbocycles. The highest BCUT2D eigenvalue weighted by molar-refractivity contribution is 5.78. The Bertz CT molecular complexity index is 523. The number of methoxy groups -OCH3 is 1. The molecule has 154 valence electrons. The zero-order valence-electron chi connectivity index (χ0n) is 17.1. The summed E-state index contributed by atoms with van der Waals surface area (Å²) < 4.78 is 5.16. The lowest BCUT2D eigenvalue weighted by molar-refractivity contribution is -0.135. The molecule has 0 aliphatic carbocycles. The average molecular weight is 381 g/mol. The molecular weight excluding hydrogens is 344 g/mol. The van der Waals surface area contributed by atoms with Crippen LogP contribution in [0.1, 0.15) is 38.5 Å². The molecule has 0 radical (unpaired) electrons. The predicted molar refractivity (Wildman–Crippen MR) is 105 cm³/mol. The zero-order chi connectivity index (χ0) is 19.3. The van der Waals surface area contributed by atoms with E-state index in [4.69, 9.17) is 4.74 Å². The van der Waals surface area contributed by atoms with Crippen LogP contribution in [0.2, 0.25) is 0 Å². The minimum atomic E-state index is -0.00207. The second kappa shape index (κ2) is 9.34. The number of hydrogen-bond acceptors (Lipinski definition) is 5. The van der Waals surface area contributed by atoms with Crippen molar-refractivity contribution < 1.29 is 14.3 Å². The number of rotatable bonds is 5. The van der Waals surface area contributed by atoms with Crippen molar-refractivity contribution in [1.82, 2.24) is 19.6 Å². The van der Waals surface area contributed by atoms with Crippen LogP contribution in [0.5, 0.6) is 0 Å². The van der Waals surface area contributed by atoms with Crippen LogP contribution in [0.4, 0.5) is 0 Å². The number of amides is 2. The molecule has 3 aliphatic rings. The maximum absolute atomic E-state index is 12.7. The number of hydrogen-bond donors (Lipinski definition) is 0. The van der Waals surface area contributed by atoms with Crippen LogP contribution >= 0.6 is 0 Å². The van der Waals surface area contributed by atoms with Crippen LogP contribution < -0.4 is 0 Å². The summed E-state index contributed by atoms with van der Waals surface area (Å²) in [7, 11) is 3.86. The van der Waals surface area contributed by atoms with Gasteiger partial charge in [0.15, 0.2) is 0 Å². The van der Waals surface area contributed by atoms with E-state index < -0.39 is 0 Å². The van der Waals surface area contributed by atoms with Gasteiger partial charge in [0, 0.05) is 64.9 Å². The Morgan fingerprint density at radius 2 is 1.85 bits per heavy atom. The molecule has 3 aliphatic heterocycles. The lowest BCUT2D eigenvalue weighted by Crippen LogP contribution is -2.62. The van der Waals surface area contributed by atoms with Gasteiger partial charge in [-0.1, -0.05) is 0 Å². The molecule has 0 bridgehead atoms. The second-order valence-corrected chi connectivity index (χ2v) is 8.42. The molecule has 3 fully saturated rings. The van der Waals surface area contributed by atoms with Crippen molar-refractivity contribution >= 4 is 11.8 Å². The number of piperidine rings is 1. The Balaban J connectivity index is 1.60. The predicted octanol–water partition coefficient (Wildman–Crippen LogP) is 0.644. The van der Waals surface area contributed by atoms with Crippen LogP contribution in [0.15, 0.2) is 0 Å². The lowest BCUT2D eigenvalue weighted by atomic mass is 9.86. The summed E-state index contributed by atoms with van der Waals surface area (Å²) >= 11 is 0. The number of ether oxygens (including phenoxy) is 1. The summed E-state index contributed by atoms with van der Waals surface area (Å²) in [5.74, 6) is 0.514. The van der Waals surface area contributed by atoms with Gasteiger partial charge in [-0.3, -0.25) is 19.4 Å². The summed E-state index contributed by atoms with van der Waals surface area (Å²) in [5, 5.41) is 0. The molecule has 0 N–H and O–H groups in total. The Morgan fingerprint density at radius 3 is 2.59 bits per heavy atom. The Labute approximate surface area is 163 Å². The first-order valence-electron chi connectivity index (χ1n) is 10.5. The third-order valence-corrected chi connectivity index (χ3v) is 6.72. The fourth-order valence-electron chi connectivity index (χ4n) is 4.78. The van der Waals surface area contributed by atoms with E-state index in [1.165, 1.54) is 6.42 Å². The molecule has 1 unspecified atom stereocenters. The van der Waals surface area contributed by atoms with E-state index in [0.29, 0.717) is 26.1 Å². The standard InChI is InChI=1S/C20H36N4O3/c1-21-12-13-22(16-19(26)23-9-4-3-5-10-23)17-20(21)7-6-18(25)24(11-8-20)14-15-27-2/h3-17H2,1-2H3. The van der Waals surface area contributed by atoms with Gasteiger partial charge in [0.25, 0.3) is 0 Å². The van der Waals surface area contributed by atoms with E-state index in [9.17, 15) is 9.59 Å². The van der Waals surface area contributed by atoms with Crippen LogP contribution in [0, 0.1) is 0 Å². The molecule has 3 heterocycles. The second-order valence-electron chi connectivity index (χ2n) is 8.42. The van der Waals surface area contributed by atoms with Crippen molar-refractivity contribution in [2.24, 2.45) is 0 Å². The normalized spacial score (nSPS) is 28.6. The van der Waals surface area contributed by atoms with Crippen molar-refractivity contribution in [2.45, 2.75) is 44.1 Å². The lowest BCUT2D eigenvalue weighted by Gasteiger charge is -2.49. The molecule has 3 saturated heterocycles. The minimum absolute atomic E-state index is 0.00207. The number of likely N-dealkylation sites (tertiary alicyclic amines) is 2. The van der Waals surface area contributed by atoms with Gasteiger partial charge >= 0.3 is 0 Å². The smallest absolute Gasteiger partial charge is 0.236 e. The topological polar surface area (TPSA) is 56.3 Å². The van der Waals surface area contributed by atoms with Gasteiger partial charge in [0.1, 0.15) is 0 Å². The van der Waals surface area contributed by atoms with Gasteiger partial charge in [-0.25, -0.2) is 0 Å². The van der Waals surface area contributed by atoms with Crippen LogP contribution in [0.3, 0.4) is 0 Å². The number of piperazine rings is 1. The summed E-state index contributed by atoms with van der Waals surface area (Å²) in [6, 6.07) is 0. The van der Waals surface area contributed by atoms with Crippen molar-refractivity contribution in [1.29, 1.82) is 0 Å². The molecule has 0 aromatic heterocycles. The van der Waals surface area contributed by atoms with Crippen LogP contribution in [-0.4, -0.2) is 110 Å². The molecule has 0 aromatic rings. The number of likely N-dealkylation sites (N-methyl/N-ethyl adjacent to an activating group) is 1. The highest BCUT2D eigenvalue weighted by atomic mass is 16.5. The van der Waals surface area contributed by atoms with Crippen molar-refractivity contribution in [3.8, 4) is 0 Å². The van der Waals surface area contributed by atoms with Crippen molar-refractivity contribution in [2.75, 3.05) is 73.1 Å². The molecule has 3 rings (SSSR count). The number of carbonyl (C=O) groups excluding carboxylic acids is 2. The minimum Gasteiger partial charge on any atom is -0.383 e. The van der Waals surface area contributed by atoms with E-state index in [-0.39, 0.29) is 17.4 Å². The average Bonchev–Trinajstić information content (AvgIpc) is 2.84. The van der Waals surface area contributed by atoms with E-state index in [2.05, 4.69) is 16.8 Å². The maximum atomic E-state index is 12.7. The van der Waals surface area contributed by atoms with Crippen molar-refractivity contribution in [3.63, 3.8) is 0 Å². The molecule has 27 heavy (non-hydrogen) atoms. The summed E-state index contributed by atoms with van der Waals surface area (Å²) in [4.78, 5) is 33.9. The highest BCUT2D eigenvalue weighted by Gasteiger charge is 2.42. The zero-order valence-corrected chi connectivity index (χ0v) is 17.1. The monoisotopic (exact) mass is 380 g/mol. The molecule has 7 heteroatoms. The van der Waals surface area contributed by atoms with Gasteiger partial charge in [-0.05, 0) is 39.2 Å². The third kappa shape index (κ3) is 5.00. The summed E-state index contributed by atoms with van der Waals surface area (Å²) in [6.45, 7) is 7.17. The van der Waals surface area contributed by atoms with Gasteiger partial charge in [-0.2, -0.15) is 0 Å². The fourth-order valence-corrected chi connectivity index (χ4v) is 4.78. The fraction of sp³-hybridized carbons (Fsp3) is 0.900. The molecule has 1 atom stereocenters. The van der Waals surface area contributed by atoms with E-state index in [1.54, 1.807) is 7.11 Å². The van der Waals surface area contributed by atoms with Gasteiger partial charge in [-0.15, -0.1) is 0 Å². The maximum Gasteiger partial charge on any atom is 0.236 e. The Hall–Kier alpha value is -1.18. The SMILES string of the molecule is COCCN1CCC2(CCC1=O)CN(CC(=O)N1CCCCC1)CCN2C. The number of carbonyl (C=O) groups is 2. The molecule has 7 nitrogen and oxygen atoms in total. The summed E-state index contributed by atoms with van der Waals surface area (Å²) in [5.41, 5.74) is -0.00207. The van der Waals surface area contributed by atoms with E-state index in [1.807, 2.05) is 9.80 Å². The Morgan fingerprint density at radius 1 is 1.07 bits per heavy atom. The first kappa shape index (κ1) is 20.6. The molecule has 0 aromatic carbocycles. The largest absolute Gasteiger partial charge is 0.383 e. The van der Waals surface area contributed by atoms with Crippen LogP contribution in [-0.2, 0) is 14.3 Å². The van der Waals surface area contributed by atoms with Gasteiger partial charge in [0.2, 0.25) is 11.8 Å². The van der Waals surface area contributed by atoms with Crippen molar-refractivity contribution in [3.05, 3.63) is 0 Å². The summed E-state index contributed by atoms with van der Waals surface area (Å²) in [6.07, 6.45) is 5.94. The van der Waals surface area contributed by atoms with Crippen LogP contribution in [0.25, 0.3) is 0 Å². The van der Waals surface area contributed by atoms with Gasteiger partial charge in [0.05, 0.1) is 13.2 Å². The molecular formula is C20H36N4O3. The highest BCUT2D eigenvalue weighted by Crippen LogP contribution is 2.32. The molecule has 1 spiro atoms. The van der Waals surface area contributed by atoms with E-state index >= 15 is 0 Å². The first-order chi connectivity index (χ1) is 13.0. The number of nitrogens with zero attached hydrogens (tertiary/aromatic N) is 4. The molecule has 2 amide bonds. The first-order valence-corrected chi connectivity index (χ1v) is 10.5. The quantitative estimate of drug-likeness (QED) is 0.701.